The van der Waals surface area contributed by atoms with E-state index in [9.17, 15) is 19.7 Å². The van der Waals surface area contributed by atoms with Gasteiger partial charge in [0.1, 0.15) is 5.03 Å². The van der Waals surface area contributed by atoms with Crippen LogP contribution in [0.25, 0.3) is 6.08 Å². The number of nitro groups is 1. The van der Waals surface area contributed by atoms with Crippen LogP contribution < -0.4 is 19.9 Å². The lowest BCUT2D eigenvalue weighted by molar-refractivity contribution is -0.385. The van der Waals surface area contributed by atoms with Crippen molar-refractivity contribution in [1.82, 2.24) is 14.9 Å². The van der Waals surface area contributed by atoms with Crippen LogP contribution in [0.3, 0.4) is 0 Å². The van der Waals surface area contributed by atoms with Gasteiger partial charge in [-0.05, 0) is 49.0 Å². The number of nitrogens with one attached hydrogen (secondary N) is 1. The quantitative estimate of drug-likeness (QED) is 0.204. The number of hydrogen-bond acceptors (Lipinski definition) is 10. The minimum absolute atomic E-state index is 0.122. The Labute approximate surface area is 234 Å². The SMILES string of the molecule is COc1ccc(/C=C2\Sc3nc(N(C(C)=O)c4ccc(N5CCN(C)CC5)cc4)ncc3NC2=O)cc1[N+](=O)[O-]. The fraction of sp³-hybridized carbons (Fsp3) is 0.259. The van der Waals surface area contributed by atoms with E-state index in [0.717, 1.165) is 43.6 Å². The number of hydrogen-bond donors (Lipinski definition) is 1. The second kappa shape index (κ2) is 11.3. The number of amides is 2. The summed E-state index contributed by atoms with van der Waals surface area (Å²) >= 11 is 1.09. The summed E-state index contributed by atoms with van der Waals surface area (Å²) in [4.78, 5) is 51.5. The Morgan fingerprint density at radius 1 is 1.18 bits per heavy atom. The van der Waals surface area contributed by atoms with Crippen LogP contribution in [0, 0.1) is 10.1 Å². The number of aromatic nitrogens is 2. The lowest BCUT2D eigenvalue weighted by atomic mass is 10.1. The van der Waals surface area contributed by atoms with Gasteiger partial charge in [-0.1, -0.05) is 17.8 Å². The topological polar surface area (TPSA) is 134 Å². The lowest BCUT2D eigenvalue weighted by Crippen LogP contribution is -2.44. The van der Waals surface area contributed by atoms with E-state index in [0.29, 0.717) is 22.0 Å². The molecule has 40 heavy (non-hydrogen) atoms. The molecular weight excluding hydrogens is 534 g/mol. The summed E-state index contributed by atoms with van der Waals surface area (Å²) < 4.78 is 5.05. The summed E-state index contributed by atoms with van der Waals surface area (Å²) in [6.07, 6.45) is 3.00. The summed E-state index contributed by atoms with van der Waals surface area (Å²) in [6, 6.07) is 12.1. The van der Waals surface area contributed by atoms with Crippen LogP contribution in [0.4, 0.5) is 28.7 Å². The number of carbonyl (C=O) groups is 2. The summed E-state index contributed by atoms with van der Waals surface area (Å²) in [5.74, 6) is -0.369. The molecule has 2 amide bonds. The minimum Gasteiger partial charge on any atom is -0.490 e. The molecule has 2 aliphatic heterocycles. The molecule has 1 aromatic heterocycles. The van der Waals surface area contributed by atoms with Crippen LogP contribution in [0.2, 0.25) is 0 Å². The summed E-state index contributed by atoms with van der Waals surface area (Å²) in [5.41, 5.74) is 2.35. The van der Waals surface area contributed by atoms with Gasteiger partial charge in [-0.25, -0.2) is 14.9 Å². The summed E-state index contributed by atoms with van der Waals surface area (Å²) in [5, 5.41) is 14.6. The largest absolute Gasteiger partial charge is 0.490 e. The predicted octanol–water partition coefficient (Wildman–Crippen LogP) is 3.92. The highest BCUT2D eigenvalue weighted by molar-refractivity contribution is 8.04. The molecule has 5 rings (SSSR count). The number of carbonyl (C=O) groups excluding carboxylic acids is 2. The number of piperazine rings is 1. The van der Waals surface area contributed by atoms with Crippen LogP contribution >= 0.6 is 11.8 Å². The van der Waals surface area contributed by atoms with E-state index in [-0.39, 0.29) is 28.2 Å². The Kier molecular flexibility index (Phi) is 7.67. The van der Waals surface area contributed by atoms with Crippen LogP contribution in [0.5, 0.6) is 5.75 Å². The van der Waals surface area contributed by atoms with Gasteiger partial charge >= 0.3 is 5.69 Å². The number of nitrogens with zero attached hydrogens (tertiary/aromatic N) is 6. The van der Waals surface area contributed by atoms with Crippen molar-refractivity contribution in [2.75, 3.05) is 55.5 Å². The molecule has 3 aromatic rings. The number of ether oxygens (including phenoxy) is 1. The molecule has 1 N–H and O–H groups in total. The zero-order chi connectivity index (χ0) is 28.4. The van der Waals surface area contributed by atoms with E-state index in [1.54, 1.807) is 6.07 Å². The second-order valence-corrected chi connectivity index (χ2v) is 10.3. The molecule has 2 aromatic carbocycles. The fourth-order valence-corrected chi connectivity index (χ4v) is 5.35. The fourth-order valence-electron chi connectivity index (χ4n) is 4.46. The number of anilines is 4. The first-order valence-electron chi connectivity index (χ1n) is 12.5. The van der Waals surface area contributed by atoms with Crippen molar-refractivity contribution in [3.05, 3.63) is 69.2 Å². The maximum atomic E-state index is 12.7. The van der Waals surface area contributed by atoms with Crippen molar-refractivity contribution in [1.29, 1.82) is 0 Å². The van der Waals surface area contributed by atoms with Crippen LogP contribution in [0.1, 0.15) is 12.5 Å². The number of benzene rings is 2. The van der Waals surface area contributed by atoms with Crippen molar-refractivity contribution in [3.8, 4) is 5.75 Å². The number of nitro benzene ring substituents is 1. The van der Waals surface area contributed by atoms with Gasteiger partial charge in [-0.15, -0.1) is 0 Å². The number of methoxy groups -OCH3 is 1. The number of rotatable bonds is 6. The van der Waals surface area contributed by atoms with Gasteiger partial charge < -0.3 is 19.9 Å². The molecule has 0 saturated carbocycles. The number of thioether (sulfide) groups is 1. The van der Waals surface area contributed by atoms with Gasteiger partial charge in [0.2, 0.25) is 11.9 Å². The minimum atomic E-state index is -0.544. The number of likely N-dealkylation sites (N-methyl/N-ethyl adjacent to an activating group) is 1. The average Bonchev–Trinajstić information content (AvgIpc) is 2.94. The van der Waals surface area contributed by atoms with Crippen LogP contribution in [0.15, 0.2) is 58.6 Å². The molecule has 1 fully saturated rings. The maximum Gasteiger partial charge on any atom is 0.311 e. The van der Waals surface area contributed by atoms with Crippen LogP contribution in [-0.2, 0) is 9.59 Å². The normalized spacial score (nSPS) is 16.3. The monoisotopic (exact) mass is 561 g/mol. The molecule has 0 aliphatic carbocycles. The molecule has 1 saturated heterocycles. The highest BCUT2D eigenvalue weighted by atomic mass is 32.2. The summed E-state index contributed by atoms with van der Waals surface area (Å²) in [7, 11) is 3.46. The number of fused-ring (bicyclic) bond motifs is 1. The molecule has 0 unspecified atom stereocenters. The highest BCUT2D eigenvalue weighted by Crippen LogP contribution is 2.39. The average molecular weight is 562 g/mol. The van der Waals surface area contributed by atoms with Crippen molar-refractivity contribution >= 4 is 58.4 Å². The molecule has 0 spiro atoms. The van der Waals surface area contributed by atoms with Gasteiger partial charge in [0.05, 0.1) is 34.5 Å². The Bertz CT molecular complexity index is 1500. The Balaban J connectivity index is 1.41. The molecule has 12 nitrogen and oxygen atoms in total. The first kappa shape index (κ1) is 27.1. The smallest absolute Gasteiger partial charge is 0.311 e. The molecule has 13 heteroatoms. The molecular formula is C27H27N7O5S. The highest BCUT2D eigenvalue weighted by Gasteiger charge is 2.26. The zero-order valence-corrected chi connectivity index (χ0v) is 23.0. The third kappa shape index (κ3) is 5.60. The van der Waals surface area contributed by atoms with Gasteiger partial charge in [-0.3, -0.25) is 19.7 Å². The van der Waals surface area contributed by atoms with Gasteiger partial charge in [0.15, 0.2) is 5.75 Å². The lowest BCUT2D eigenvalue weighted by Gasteiger charge is -2.34. The van der Waals surface area contributed by atoms with Gasteiger partial charge in [0.25, 0.3) is 5.91 Å². The summed E-state index contributed by atoms with van der Waals surface area (Å²) in [6.45, 7) is 5.29. The van der Waals surface area contributed by atoms with E-state index in [1.807, 2.05) is 24.3 Å². The van der Waals surface area contributed by atoms with E-state index < -0.39 is 10.8 Å². The zero-order valence-electron chi connectivity index (χ0n) is 22.2. The molecule has 206 valence electrons. The predicted molar refractivity (Wildman–Crippen MR) is 153 cm³/mol. The Morgan fingerprint density at radius 3 is 2.55 bits per heavy atom. The third-order valence-corrected chi connectivity index (χ3v) is 7.64. The first-order chi connectivity index (χ1) is 19.2. The van der Waals surface area contributed by atoms with E-state index in [1.165, 1.54) is 43.3 Å². The van der Waals surface area contributed by atoms with Crippen LogP contribution in [-0.4, -0.2) is 71.9 Å². The Hall–Kier alpha value is -4.49. The molecule has 2 aliphatic rings. The van der Waals surface area contributed by atoms with Crippen molar-refractivity contribution in [2.45, 2.75) is 11.9 Å². The Morgan fingerprint density at radius 2 is 1.90 bits per heavy atom. The van der Waals surface area contributed by atoms with Gasteiger partial charge in [0, 0.05) is 44.9 Å². The van der Waals surface area contributed by atoms with E-state index in [4.69, 9.17) is 4.74 Å². The van der Waals surface area contributed by atoms with E-state index in [2.05, 4.69) is 32.1 Å². The van der Waals surface area contributed by atoms with Crippen molar-refractivity contribution < 1.29 is 19.2 Å². The van der Waals surface area contributed by atoms with Crippen molar-refractivity contribution in [2.24, 2.45) is 0 Å². The standard InChI is InChI=1S/C27H27N7O5S/c1-17(35)33(20-7-5-19(6-8-20)32-12-10-31(2)11-13-32)27-28-16-21-26(30-27)40-24(25(36)29-21)15-18-4-9-23(39-3)22(14-18)34(37)38/h4-9,14-16H,10-13H2,1-3H3,(H,29,36)/b24-15-. The third-order valence-electron chi connectivity index (χ3n) is 6.61. The molecule has 3 heterocycles. The van der Waals surface area contributed by atoms with E-state index >= 15 is 0 Å². The maximum absolute atomic E-state index is 12.7. The first-order valence-corrected chi connectivity index (χ1v) is 13.3. The second-order valence-electron chi connectivity index (χ2n) is 9.30. The molecule has 0 atom stereocenters. The van der Waals surface area contributed by atoms with Gasteiger partial charge in [-0.2, -0.15) is 0 Å². The van der Waals surface area contributed by atoms with Crippen molar-refractivity contribution in [3.63, 3.8) is 0 Å². The molecule has 0 radical (unpaired) electrons. The molecule has 0 bridgehead atoms.